The zero-order chi connectivity index (χ0) is 19.4. The first kappa shape index (κ1) is 20.1. The van der Waals surface area contributed by atoms with Crippen LogP contribution in [-0.4, -0.2) is 30.8 Å². The van der Waals surface area contributed by atoms with Crippen LogP contribution in [0.2, 0.25) is 0 Å². The van der Waals surface area contributed by atoms with E-state index in [1.807, 2.05) is 13.8 Å². The first-order valence-electron chi connectivity index (χ1n) is 8.26. The van der Waals surface area contributed by atoms with Gasteiger partial charge in [0.25, 0.3) is 0 Å². The smallest absolute Gasteiger partial charge is 0.338 e. The standard InChI is InChI=1S/C18H23BrN2O5/c1-9(2)5-6-26-17(23)14-10(3)20-18(24)21-15(14)11-7-12(19)16(22)13(8-11)25-4/h7-9,15,22H,5-6H2,1-4H3,(H2,20,21,24)/t15-/m0/s1. The second-order valence-corrected chi connectivity index (χ2v) is 7.30. The maximum absolute atomic E-state index is 12.6. The second kappa shape index (κ2) is 8.44. The third-order valence-corrected chi connectivity index (χ3v) is 4.63. The van der Waals surface area contributed by atoms with Crippen LogP contribution in [0.15, 0.2) is 27.9 Å². The maximum Gasteiger partial charge on any atom is 0.338 e. The van der Waals surface area contributed by atoms with Gasteiger partial charge in [-0.05, 0) is 52.9 Å². The number of ether oxygens (including phenoxy) is 2. The minimum atomic E-state index is -0.721. The summed E-state index contributed by atoms with van der Waals surface area (Å²) in [4.78, 5) is 24.6. The van der Waals surface area contributed by atoms with Gasteiger partial charge in [0.05, 0.1) is 29.8 Å². The molecule has 1 aliphatic rings. The van der Waals surface area contributed by atoms with Gasteiger partial charge in [-0.3, -0.25) is 0 Å². The van der Waals surface area contributed by atoms with Crippen LogP contribution in [-0.2, 0) is 9.53 Å². The Morgan fingerprint density at radius 1 is 1.38 bits per heavy atom. The largest absolute Gasteiger partial charge is 0.503 e. The number of carbonyl (C=O) groups excluding carboxylic acids is 2. The first-order valence-corrected chi connectivity index (χ1v) is 9.05. The van der Waals surface area contributed by atoms with Crippen molar-refractivity contribution in [3.8, 4) is 11.5 Å². The number of amides is 2. The van der Waals surface area contributed by atoms with Crippen LogP contribution in [0.5, 0.6) is 11.5 Å². The Morgan fingerprint density at radius 3 is 2.69 bits per heavy atom. The zero-order valence-electron chi connectivity index (χ0n) is 15.2. The third-order valence-electron chi connectivity index (χ3n) is 4.02. The zero-order valence-corrected chi connectivity index (χ0v) is 16.8. The predicted octanol–water partition coefficient (Wildman–Crippen LogP) is 3.38. The normalized spacial score (nSPS) is 17.0. The van der Waals surface area contributed by atoms with Gasteiger partial charge in [0.15, 0.2) is 11.5 Å². The summed E-state index contributed by atoms with van der Waals surface area (Å²) in [5, 5.41) is 15.3. The van der Waals surface area contributed by atoms with Crippen molar-refractivity contribution in [1.82, 2.24) is 10.6 Å². The molecule has 1 aromatic rings. The molecule has 8 heteroatoms. The van der Waals surface area contributed by atoms with Crippen molar-refractivity contribution in [2.24, 2.45) is 5.92 Å². The average molecular weight is 427 g/mol. The number of halogens is 1. The number of benzene rings is 1. The molecule has 0 unspecified atom stereocenters. The van der Waals surface area contributed by atoms with Gasteiger partial charge in [-0.15, -0.1) is 0 Å². The van der Waals surface area contributed by atoms with Crippen molar-refractivity contribution >= 4 is 27.9 Å². The Hall–Kier alpha value is -2.22. The summed E-state index contributed by atoms with van der Waals surface area (Å²) in [6, 6.07) is 2.06. The van der Waals surface area contributed by atoms with Crippen LogP contribution in [0.25, 0.3) is 0 Å². The van der Waals surface area contributed by atoms with E-state index in [0.717, 1.165) is 6.42 Å². The molecule has 1 aromatic carbocycles. The van der Waals surface area contributed by atoms with Crippen molar-refractivity contribution in [1.29, 1.82) is 0 Å². The van der Waals surface area contributed by atoms with Crippen LogP contribution in [0, 0.1) is 5.92 Å². The van der Waals surface area contributed by atoms with Crippen molar-refractivity contribution < 1.29 is 24.2 Å². The second-order valence-electron chi connectivity index (χ2n) is 6.44. The fourth-order valence-electron chi connectivity index (χ4n) is 2.60. The van der Waals surface area contributed by atoms with E-state index < -0.39 is 18.0 Å². The van der Waals surface area contributed by atoms with Crippen molar-refractivity contribution in [3.05, 3.63) is 33.4 Å². The van der Waals surface area contributed by atoms with Crippen molar-refractivity contribution in [3.63, 3.8) is 0 Å². The fraction of sp³-hybridized carbons (Fsp3) is 0.444. The highest BCUT2D eigenvalue weighted by atomic mass is 79.9. The van der Waals surface area contributed by atoms with Crippen molar-refractivity contribution in [2.45, 2.75) is 33.2 Å². The summed E-state index contributed by atoms with van der Waals surface area (Å²) < 4.78 is 10.9. The molecule has 0 spiro atoms. The van der Waals surface area contributed by atoms with Gasteiger partial charge in [0, 0.05) is 5.70 Å². The molecule has 7 nitrogen and oxygen atoms in total. The highest BCUT2D eigenvalue weighted by Gasteiger charge is 2.33. The van der Waals surface area contributed by atoms with Gasteiger partial charge in [-0.1, -0.05) is 13.8 Å². The van der Waals surface area contributed by atoms with E-state index in [0.29, 0.717) is 33.8 Å². The highest BCUT2D eigenvalue weighted by Crippen LogP contribution is 2.39. The Labute approximate surface area is 160 Å². The summed E-state index contributed by atoms with van der Waals surface area (Å²) in [7, 11) is 1.43. The number of allylic oxidation sites excluding steroid dienone is 1. The summed E-state index contributed by atoms with van der Waals surface area (Å²) in [5.74, 6) is 0.0876. The average Bonchev–Trinajstić information content (AvgIpc) is 2.55. The predicted molar refractivity (Wildman–Crippen MR) is 99.9 cm³/mol. The Balaban J connectivity index is 2.38. The number of carbonyl (C=O) groups is 2. The molecular weight excluding hydrogens is 404 g/mol. The third kappa shape index (κ3) is 4.49. The first-order chi connectivity index (χ1) is 12.2. The molecule has 1 aliphatic heterocycles. The van der Waals surface area contributed by atoms with Crippen LogP contribution in [0.4, 0.5) is 4.79 Å². The summed E-state index contributed by atoms with van der Waals surface area (Å²) >= 11 is 3.26. The molecular formula is C18H23BrN2O5. The molecule has 26 heavy (non-hydrogen) atoms. The molecule has 2 amide bonds. The van der Waals surface area contributed by atoms with Crippen LogP contribution in [0.1, 0.15) is 38.8 Å². The lowest BCUT2D eigenvalue weighted by Gasteiger charge is -2.28. The highest BCUT2D eigenvalue weighted by molar-refractivity contribution is 9.10. The number of hydrogen-bond donors (Lipinski definition) is 3. The molecule has 142 valence electrons. The Bertz CT molecular complexity index is 745. The van der Waals surface area contributed by atoms with E-state index in [2.05, 4.69) is 26.6 Å². The monoisotopic (exact) mass is 426 g/mol. The number of methoxy groups -OCH3 is 1. The van der Waals surface area contributed by atoms with Crippen molar-refractivity contribution in [2.75, 3.05) is 13.7 Å². The molecule has 0 fully saturated rings. The number of urea groups is 1. The molecule has 0 radical (unpaired) electrons. The fourth-order valence-corrected chi connectivity index (χ4v) is 3.06. The number of phenols is 1. The number of nitrogens with one attached hydrogen (secondary N) is 2. The summed E-state index contributed by atoms with van der Waals surface area (Å²) in [6.07, 6.45) is 0.751. The number of esters is 1. The van der Waals surface area contributed by atoms with Crippen LogP contribution < -0.4 is 15.4 Å². The number of phenolic OH excluding ortho intramolecular Hbond substituents is 1. The molecule has 1 heterocycles. The molecule has 0 saturated carbocycles. The molecule has 2 rings (SSSR count). The van der Waals surface area contributed by atoms with Crippen LogP contribution in [0.3, 0.4) is 0 Å². The summed E-state index contributed by atoms with van der Waals surface area (Å²) in [5.41, 5.74) is 1.32. The van der Waals surface area contributed by atoms with Gasteiger partial charge in [-0.25, -0.2) is 9.59 Å². The topological polar surface area (TPSA) is 96.9 Å². The van der Waals surface area contributed by atoms with Gasteiger partial charge < -0.3 is 25.2 Å². The van der Waals surface area contributed by atoms with E-state index in [9.17, 15) is 14.7 Å². The Morgan fingerprint density at radius 2 is 2.08 bits per heavy atom. The minimum absolute atomic E-state index is 0.0572. The van der Waals surface area contributed by atoms with Gasteiger partial charge in [0.2, 0.25) is 0 Å². The summed E-state index contributed by atoms with van der Waals surface area (Å²) in [6.45, 7) is 6.04. The molecule has 1 atom stereocenters. The quantitative estimate of drug-likeness (QED) is 0.605. The number of rotatable bonds is 6. The Kier molecular flexibility index (Phi) is 6.52. The van der Waals surface area contributed by atoms with E-state index in [-0.39, 0.29) is 11.5 Å². The van der Waals surface area contributed by atoms with Gasteiger partial charge >= 0.3 is 12.0 Å². The number of hydrogen-bond acceptors (Lipinski definition) is 5. The SMILES string of the molecule is COc1cc([C@@H]2NC(=O)NC(C)=C2C(=O)OCCC(C)C)cc(Br)c1O. The van der Waals surface area contributed by atoms with E-state index in [1.54, 1.807) is 19.1 Å². The minimum Gasteiger partial charge on any atom is -0.503 e. The van der Waals surface area contributed by atoms with Crippen LogP contribution >= 0.6 is 15.9 Å². The molecule has 0 bridgehead atoms. The number of aromatic hydroxyl groups is 1. The lowest BCUT2D eigenvalue weighted by atomic mass is 9.95. The maximum atomic E-state index is 12.6. The van der Waals surface area contributed by atoms with E-state index in [1.165, 1.54) is 7.11 Å². The molecule has 0 saturated heterocycles. The van der Waals surface area contributed by atoms with E-state index >= 15 is 0 Å². The lowest BCUT2D eigenvalue weighted by molar-refractivity contribution is -0.139. The lowest BCUT2D eigenvalue weighted by Crippen LogP contribution is -2.45. The van der Waals surface area contributed by atoms with E-state index in [4.69, 9.17) is 9.47 Å². The van der Waals surface area contributed by atoms with Gasteiger partial charge in [-0.2, -0.15) is 0 Å². The molecule has 0 aromatic heterocycles. The molecule has 3 N–H and O–H groups in total. The molecule has 0 aliphatic carbocycles. The van der Waals surface area contributed by atoms with Gasteiger partial charge in [0.1, 0.15) is 0 Å².